The van der Waals surface area contributed by atoms with Crippen LogP contribution in [0.5, 0.6) is 0 Å². The SMILES string of the molecule is O=C(NC1CCCN(c2cnccn2)C1)c1n[nH]c2ccccc12. The van der Waals surface area contributed by atoms with Crippen molar-refractivity contribution in [2.45, 2.75) is 18.9 Å². The van der Waals surface area contributed by atoms with Gasteiger partial charge in [0.05, 0.1) is 11.7 Å². The van der Waals surface area contributed by atoms with Crippen molar-refractivity contribution in [1.82, 2.24) is 25.5 Å². The molecule has 0 saturated carbocycles. The van der Waals surface area contributed by atoms with Crippen molar-refractivity contribution in [2.75, 3.05) is 18.0 Å². The lowest BCUT2D eigenvalue weighted by molar-refractivity contribution is 0.0929. The number of hydrogen-bond donors (Lipinski definition) is 2. The van der Waals surface area contributed by atoms with Gasteiger partial charge in [0.2, 0.25) is 0 Å². The number of nitrogens with one attached hydrogen (secondary N) is 2. The van der Waals surface area contributed by atoms with Crippen molar-refractivity contribution in [3.8, 4) is 0 Å². The van der Waals surface area contributed by atoms with E-state index in [9.17, 15) is 4.79 Å². The summed E-state index contributed by atoms with van der Waals surface area (Å²) in [6.07, 6.45) is 7.06. The lowest BCUT2D eigenvalue weighted by atomic mass is 10.1. The van der Waals surface area contributed by atoms with Crippen LogP contribution in [-0.2, 0) is 0 Å². The van der Waals surface area contributed by atoms with Crippen LogP contribution in [0, 0.1) is 0 Å². The Hall–Kier alpha value is -2.96. The molecule has 1 atom stereocenters. The van der Waals surface area contributed by atoms with Gasteiger partial charge in [0, 0.05) is 36.9 Å². The molecule has 7 heteroatoms. The molecule has 122 valence electrons. The normalized spacial score (nSPS) is 17.8. The topological polar surface area (TPSA) is 86.8 Å². The minimum atomic E-state index is -0.140. The lowest BCUT2D eigenvalue weighted by Crippen LogP contribution is -2.48. The van der Waals surface area contributed by atoms with Gasteiger partial charge in [-0.05, 0) is 18.9 Å². The summed E-state index contributed by atoms with van der Waals surface area (Å²) in [6.45, 7) is 1.66. The minimum absolute atomic E-state index is 0.0729. The van der Waals surface area contributed by atoms with E-state index in [0.717, 1.165) is 42.7 Å². The van der Waals surface area contributed by atoms with Gasteiger partial charge in [0.1, 0.15) is 5.82 Å². The molecule has 1 unspecified atom stereocenters. The van der Waals surface area contributed by atoms with Crippen molar-refractivity contribution in [1.29, 1.82) is 0 Å². The number of carbonyl (C=O) groups is 1. The van der Waals surface area contributed by atoms with E-state index in [1.165, 1.54) is 0 Å². The molecule has 1 aliphatic heterocycles. The molecule has 2 aromatic heterocycles. The second kappa shape index (κ2) is 6.27. The summed E-state index contributed by atoms with van der Waals surface area (Å²) < 4.78 is 0. The number of benzene rings is 1. The first-order valence-corrected chi connectivity index (χ1v) is 8.06. The maximum absolute atomic E-state index is 12.6. The Kier molecular flexibility index (Phi) is 3.82. The van der Waals surface area contributed by atoms with Crippen LogP contribution in [0.3, 0.4) is 0 Å². The van der Waals surface area contributed by atoms with Crippen LogP contribution < -0.4 is 10.2 Å². The molecule has 0 aliphatic carbocycles. The van der Waals surface area contributed by atoms with Crippen LogP contribution in [0.2, 0.25) is 0 Å². The van der Waals surface area contributed by atoms with Crippen molar-refractivity contribution in [3.05, 3.63) is 48.5 Å². The third-order valence-electron chi connectivity index (χ3n) is 4.32. The first kappa shape index (κ1) is 14.6. The zero-order chi connectivity index (χ0) is 16.4. The van der Waals surface area contributed by atoms with Gasteiger partial charge < -0.3 is 10.2 Å². The maximum atomic E-state index is 12.6. The summed E-state index contributed by atoms with van der Waals surface area (Å²) in [5.74, 6) is 0.708. The Labute approximate surface area is 139 Å². The van der Waals surface area contributed by atoms with Gasteiger partial charge in [-0.2, -0.15) is 5.10 Å². The average molecular weight is 322 g/mol. The third-order valence-corrected chi connectivity index (χ3v) is 4.32. The summed E-state index contributed by atoms with van der Waals surface area (Å²) in [5.41, 5.74) is 1.31. The van der Waals surface area contributed by atoms with E-state index in [2.05, 4.69) is 30.4 Å². The van der Waals surface area contributed by atoms with Crippen LogP contribution in [0.15, 0.2) is 42.9 Å². The standard InChI is InChI=1S/C17H18N6O/c24-17(16-13-5-1-2-6-14(13)21-22-16)20-12-4-3-9-23(11-12)15-10-18-7-8-19-15/h1-2,5-8,10,12H,3-4,9,11H2,(H,20,24)(H,21,22). The van der Waals surface area contributed by atoms with E-state index in [-0.39, 0.29) is 11.9 Å². The molecule has 0 radical (unpaired) electrons. The maximum Gasteiger partial charge on any atom is 0.272 e. The Bertz CT molecular complexity index is 846. The highest BCUT2D eigenvalue weighted by Gasteiger charge is 2.24. The zero-order valence-electron chi connectivity index (χ0n) is 13.1. The summed E-state index contributed by atoms with van der Waals surface area (Å²) in [6, 6.07) is 7.71. The van der Waals surface area contributed by atoms with Crippen LogP contribution >= 0.6 is 0 Å². The number of H-pyrrole nitrogens is 1. The number of anilines is 1. The van der Waals surface area contributed by atoms with Gasteiger partial charge in [-0.1, -0.05) is 18.2 Å². The quantitative estimate of drug-likeness (QED) is 0.767. The first-order valence-electron chi connectivity index (χ1n) is 8.06. The van der Waals surface area contributed by atoms with Crippen LogP contribution in [0.1, 0.15) is 23.3 Å². The molecule has 3 aromatic rings. The van der Waals surface area contributed by atoms with Crippen LogP contribution in [-0.4, -0.2) is 45.2 Å². The molecule has 4 rings (SSSR count). The van der Waals surface area contributed by atoms with Crippen molar-refractivity contribution in [2.24, 2.45) is 0 Å². The highest BCUT2D eigenvalue weighted by molar-refractivity contribution is 6.04. The van der Waals surface area contributed by atoms with E-state index >= 15 is 0 Å². The molecule has 0 bridgehead atoms. The smallest absolute Gasteiger partial charge is 0.272 e. The number of fused-ring (bicyclic) bond motifs is 1. The van der Waals surface area contributed by atoms with E-state index in [4.69, 9.17) is 0 Å². The molecular weight excluding hydrogens is 304 g/mol. The summed E-state index contributed by atoms with van der Waals surface area (Å²) in [7, 11) is 0. The fourth-order valence-electron chi connectivity index (χ4n) is 3.15. The predicted molar refractivity (Wildman–Crippen MR) is 90.8 cm³/mol. The van der Waals surface area contributed by atoms with Gasteiger partial charge in [-0.25, -0.2) is 4.98 Å². The molecule has 7 nitrogen and oxygen atoms in total. The van der Waals surface area contributed by atoms with Crippen molar-refractivity contribution >= 4 is 22.6 Å². The number of aromatic amines is 1. The fourth-order valence-corrected chi connectivity index (χ4v) is 3.15. The lowest BCUT2D eigenvalue weighted by Gasteiger charge is -2.33. The molecule has 1 aliphatic rings. The van der Waals surface area contributed by atoms with Gasteiger partial charge in [0.25, 0.3) is 5.91 Å². The summed E-state index contributed by atoms with van der Waals surface area (Å²) in [4.78, 5) is 23.2. The molecule has 24 heavy (non-hydrogen) atoms. The molecule has 1 aromatic carbocycles. The molecule has 3 heterocycles. The van der Waals surface area contributed by atoms with E-state index in [1.807, 2.05) is 24.3 Å². The number of piperidine rings is 1. The predicted octanol–water partition coefficient (Wildman–Crippen LogP) is 1.75. The summed E-state index contributed by atoms with van der Waals surface area (Å²) in [5, 5.41) is 11.0. The molecule has 0 spiro atoms. The van der Waals surface area contributed by atoms with Gasteiger partial charge >= 0.3 is 0 Å². The van der Waals surface area contributed by atoms with E-state index in [1.54, 1.807) is 18.6 Å². The Morgan fingerprint density at radius 3 is 3.08 bits per heavy atom. The zero-order valence-corrected chi connectivity index (χ0v) is 13.1. The second-order valence-corrected chi connectivity index (χ2v) is 5.94. The number of rotatable bonds is 3. The van der Waals surface area contributed by atoms with Gasteiger partial charge in [-0.15, -0.1) is 0 Å². The number of aromatic nitrogens is 4. The number of carbonyl (C=O) groups excluding carboxylic acids is 1. The number of hydrogen-bond acceptors (Lipinski definition) is 5. The van der Waals surface area contributed by atoms with Crippen LogP contribution in [0.4, 0.5) is 5.82 Å². The van der Waals surface area contributed by atoms with Gasteiger partial charge in [0.15, 0.2) is 5.69 Å². The summed E-state index contributed by atoms with van der Waals surface area (Å²) >= 11 is 0. The second-order valence-electron chi connectivity index (χ2n) is 5.94. The number of nitrogens with zero attached hydrogens (tertiary/aromatic N) is 4. The first-order chi connectivity index (χ1) is 11.8. The largest absolute Gasteiger partial charge is 0.353 e. The Balaban J connectivity index is 1.47. The Morgan fingerprint density at radius 1 is 1.29 bits per heavy atom. The fraction of sp³-hybridized carbons (Fsp3) is 0.294. The van der Waals surface area contributed by atoms with Crippen molar-refractivity contribution < 1.29 is 4.79 Å². The average Bonchev–Trinajstić information content (AvgIpc) is 3.07. The van der Waals surface area contributed by atoms with E-state index in [0.29, 0.717) is 5.69 Å². The molecular formula is C17H18N6O. The Morgan fingerprint density at radius 2 is 2.21 bits per heavy atom. The third kappa shape index (κ3) is 2.80. The highest BCUT2D eigenvalue weighted by Crippen LogP contribution is 2.18. The number of amides is 1. The van der Waals surface area contributed by atoms with Crippen molar-refractivity contribution in [3.63, 3.8) is 0 Å². The monoisotopic (exact) mass is 322 g/mol. The molecule has 2 N–H and O–H groups in total. The molecule has 1 amide bonds. The number of para-hydroxylation sites is 1. The molecule has 1 fully saturated rings. The van der Waals surface area contributed by atoms with Gasteiger partial charge in [-0.3, -0.25) is 14.9 Å². The highest BCUT2D eigenvalue weighted by atomic mass is 16.2. The van der Waals surface area contributed by atoms with Crippen LogP contribution in [0.25, 0.3) is 10.9 Å². The van der Waals surface area contributed by atoms with E-state index < -0.39 is 0 Å². The minimum Gasteiger partial charge on any atom is -0.353 e. The molecule has 1 saturated heterocycles.